The molecular weight excluding hydrogens is 404 g/mol. The highest BCUT2D eigenvalue weighted by Crippen LogP contribution is 2.31. The van der Waals surface area contributed by atoms with Gasteiger partial charge < -0.3 is 10.2 Å². The molecule has 0 bridgehead atoms. The molecule has 0 aliphatic carbocycles. The van der Waals surface area contributed by atoms with Crippen LogP contribution in [0.2, 0.25) is 0 Å². The zero-order chi connectivity index (χ0) is 22.7. The van der Waals surface area contributed by atoms with Crippen LogP contribution in [0.15, 0.2) is 30.6 Å². The molecule has 4 heterocycles. The van der Waals surface area contributed by atoms with Crippen LogP contribution in [0.25, 0.3) is 6.08 Å². The van der Waals surface area contributed by atoms with Crippen LogP contribution in [0.3, 0.4) is 0 Å². The maximum absolute atomic E-state index is 13.2. The van der Waals surface area contributed by atoms with Crippen LogP contribution in [-0.2, 0) is 11.8 Å². The van der Waals surface area contributed by atoms with Crippen molar-refractivity contribution in [3.8, 4) is 0 Å². The van der Waals surface area contributed by atoms with Crippen LogP contribution in [0.4, 0.5) is 11.8 Å². The maximum atomic E-state index is 13.2. The standard InChI is InChI=1S/C23H28N8O/c1-15-18(16(2)30(4)29-15)9-10-22(32)31-13-6-5-8-20(31)19-14-21(27-17(3)26-19)28-23-24-11-7-12-25-23/h7,9-12,14,20H,5-6,8,13H2,1-4H3,(H,24,25,26,27,28)/b10-9+/t20-/m1/s1. The van der Waals surface area contributed by atoms with Gasteiger partial charge in [0, 0.05) is 49.4 Å². The van der Waals surface area contributed by atoms with E-state index >= 15 is 0 Å². The Morgan fingerprint density at radius 3 is 2.66 bits per heavy atom. The van der Waals surface area contributed by atoms with Gasteiger partial charge in [0.25, 0.3) is 0 Å². The van der Waals surface area contributed by atoms with Crippen LogP contribution >= 0.6 is 0 Å². The third kappa shape index (κ3) is 4.66. The lowest BCUT2D eigenvalue weighted by Gasteiger charge is -2.35. The zero-order valence-corrected chi connectivity index (χ0v) is 18.9. The van der Waals surface area contributed by atoms with Crippen molar-refractivity contribution >= 4 is 23.7 Å². The van der Waals surface area contributed by atoms with Gasteiger partial charge >= 0.3 is 0 Å². The molecule has 0 spiro atoms. The Morgan fingerprint density at radius 2 is 1.94 bits per heavy atom. The monoisotopic (exact) mass is 432 g/mol. The lowest BCUT2D eigenvalue weighted by molar-refractivity contribution is -0.129. The molecule has 3 aromatic heterocycles. The third-order valence-corrected chi connectivity index (χ3v) is 5.75. The fraction of sp³-hybridized carbons (Fsp3) is 0.391. The average molecular weight is 433 g/mol. The van der Waals surface area contributed by atoms with Gasteiger partial charge in [-0.25, -0.2) is 19.9 Å². The second-order valence-corrected chi connectivity index (χ2v) is 8.01. The minimum absolute atomic E-state index is 0.0190. The van der Waals surface area contributed by atoms with Crippen molar-refractivity contribution in [1.29, 1.82) is 0 Å². The maximum Gasteiger partial charge on any atom is 0.247 e. The number of aromatic nitrogens is 6. The van der Waals surface area contributed by atoms with Crippen molar-refractivity contribution in [2.45, 2.75) is 46.1 Å². The summed E-state index contributed by atoms with van der Waals surface area (Å²) in [4.78, 5) is 32.6. The predicted molar refractivity (Wildman–Crippen MR) is 122 cm³/mol. The van der Waals surface area contributed by atoms with Crippen molar-refractivity contribution in [2.75, 3.05) is 11.9 Å². The summed E-state index contributed by atoms with van der Waals surface area (Å²) in [6.07, 6.45) is 9.76. The van der Waals surface area contributed by atoms with E-state index in [0.717, 1.165) is 41.9 Å². The molecule has 1 fully saturated rings. The molecule has 4 rings (SSSR count). The Morgan fingerprint density at radius 1 is 1.16 bits per heavy atom. The average Bonchev–Trinajstić information content (AvgIpc) is 3.03. The van der Waals surface area contributed by atoms with Crippen LogP contribution in [-0.4, -0.2) is 47.1 Å². The first-order valence-electron chi connectivity index (χ1n) is 10.8. The van der Waals surface area contributed by atoms with Crippen molar-refractivity contribution in [3.05, 3.63) is 59.1 Å². The zero-order valence-electron chi connectivity index (χ0n) is 18.9. The summed E-state index contributed by atoms with van der Waals surface area (Å²) in [6, 6.07) is 3.55. The molecule has 32 heavy (non-hydrogen) atoms. The number of likely N-dealkylation sites (tertiary alicyclic amines) is 1. The number of carbonyl (C=O) groups excluding carboxylic acids is 1. The first-order chi connectivity index (χ1) is 15.4. The molecule has 0 unspecified atom stereocenters. The molecule has 166 valence electrons. The van der Waals surface area contributed by atoms with E-state index in [9.17, 15) is 4.79 Å². The van der Waals surface area contributed by atoms with E-state index in [1.807, 2.05) is 49.5 Å². The fourth-order valence-electron chi connectivity index (χ4n) is 4.09. The Bertz CT molecular complexity index is 1140. The molecule has 9 nitrogen and oxygen atoms in total. The Balaban J connectivity index is 1.58. The number of amides is 1. The Kier molecular flexibility index (Phi) is 6.25. The lowest BCUT2D eigenvalue weighted by atomic mass is 9.98. The van der Waals surface area contributed by atoms with Crippen LogP contribution in [0.1, 0.15) is 53.8 Å². The SMILES string of the molecule is Cc1nc(Nc2ncccn2)cc([C@H]2CCCCN2C(=O)/C=C/c2c(C)nn(C)c2C)n1. The van der Waals surface area contributed by atoms with E-state index in [2.05, 4.69) is 30.4 Å². The van der Waals surface area contributed by atoms with Gasteiger partial charge in [-0.15, -0.1) is 0 Å². The molecule has 9 heteroatoms. The molecule has 1 saturated heterocycles. The molecule has 0 saturated carbocycles. The number of aryl methyl sites for hydroxylation is 3. The van der Waals surface area contributed by atoms with Crippen molar-refractivity contribution in [2.24, 2.45) is 7.05 Å². The quantitative estimate of drug-likeness (QED) is 0.616. The summed E-state index contributed by atoms with van der Waals surface area (Å²) in [7, 11) is 1.91. The number of piperidine rings is 1. The highest BCUT2D eigenvalue weighted by atomic mass is 16.2. The minimum Gasteiger partial charge on any atom is -0.331 e. The molecule has 1 aliphatic heterocycles. The van der Waals surface area contributed by atoms with Crippen LogP contribution in [0, 0.1) is 20.8 Å². The van der Waals surface area contributed by atoms with Gasteiger partial charge in [0.05, 0.1) is 17.4 Å². The van der Waals surface area contributed by atoms with Gasteiger partial charge in [-0.2, -0.15) is 5.10 Å². The Hall–Kier alpha value is -3.62. The predicted octanol–water partition coefficient (Wildman–Crippen LogP) is 3.44. The van der Waals surface area contributed by atoms with E-state index in [4.69, 9.17) is 0 Å². The van der Waals surface area contributed by atoms with Gasteiger partial charge in [-0.1, -0.05) is 0 Å². The minimum atomic E-state index is -0.101. The van der Waals surface area contributed by atoms with Gasteiger partial charge in [0.15, 0.2) is 0 Å². The largest absolute Gasteiger partial charge is 0.331 e. The number of rotatable bonds is 5. The molecule has 1 N–H and O–H groups in total. The van der Waals surface area contributed by atoms with Gasteiger partial charge in [0.1, 0.15) is 11.6 Å². The number of carbonyl (C=O) groups is 1. The lowest BCUT2D eigenvalue weighted by Crippen LogP contribution is -2.38. The summed E-state index contributed by atoms with van der Waals surface area (Å²) < 4.78 is 1.83. The molecule has 0 radical (unpaired) electrons. The van der Waals surface area contributed by atoms with Crippen LogP contribution in [0.5, 0.6) is 0 Å². The normalized spacial score (nSPS) is 16.5. The van der Waals surface area contributed by atoms with Crippen molar-refractivity contribution in [1.82, 2.24) is 34.6 Å². The summed E-state index contributed by atoms with van der Waals surface area (Å²) >= 11 is 0. The van der Waals surface area contributed by atoms with Crippen LogP contribution < -0.4 is 5.32 Å². The number of nitrogens with one attached hydrogen (secondary N) is 1. The second-order valence-electron chi connectivity index (χ2n) is 8.01. The molecular formula is C23H28N8O. The van der Waals surface area contributed by atoms with E-state index in [-0.39, 0.29) is 11.9 Å². The molecule has 1 atom stereocenters. The first-order valence-corrected chi connectivity index (χ1v) is 10.8. The molecule has 1 amide bonds. The highest BCUT2D eigenvalue weighted by molar-refractivity contribution is 5.92. The molecule has 3 aromatic rings. The molecule has 1 aliphatic rings. The smallest absolute Gasteiger partial charge is 0.247 e. The van der Waals surface area contributed by atoms with E-state index in [1.54, 1.807) is 24.5 Å². The van der Waals surface area contributed by atoms with Gasteiger partial charge in [0.2, 0.25) is 11.9 Å². The third-order valence-electron chi connectivity index (χ3n) is 5.75. The van der Waals surface area contributed by atoms with E-state index in [0.29, 0.717) is 24.1 Å². The summed E-state index contributed by atoms with van der Waals surface area (Å²) in [6.45, 7) is 6.51. The Labute approximate surface area is 187 Å². The van der Waals surface area contributed by atoms with Gasteiger partial charge in [-0.3, -0.25) is 9.48 Å². The number of nitrogens with zero attached hydrogens (tertiary/aromatic N) is 7. The molecule has 0 aromatic carbocycles. The van der Waals surface area contributed by atoms with Crippen molar-refractivity contribution in [3.63, 3.8) is 0 Å². The van der Waals surface area contributed by atoms with Crippen molar-refractivity contribution < 1.29 is 4.79 Å². The van der Waals surface area contributed by atoms with E-state index < -0.39 is 0 Å². The van der Waals surface area contributed by atoms with E-state index in [1.165, 1.54) is 0 Å². The van der Waals surface area contributed by atoms with Gasteiger partial charge in [-0.05, 0) is 52.2 Å². The first kappa shape index (κ1) is 21.6. The highest BCUT2D eigenvalue weighted by Gasteiger charge is 2.28. The number of hydrogen-bond donors (Lipinski definition) is 1. The second kappa shape index (κ2) is 9.25. The summed E-state index contributed by atoms with van der Waals surface area (Å²) in [5.41, 5.74) is 3.76. The summed E-state index contributed by atoms with van der Waals surface area (Å²) in [5.74, 6) is 1.71. The number of hydrogen-bond acceptors (Lipinski definition) is 7. The fourth-order valence-corrected chi connectivity index (χ4v) is 4.09. The number of anilines is 2. The summed E-state index contributed by atoms with van der Waals surface area (Å²) in [5, 5.41) is 7.55. The topological polar surface area (TPSA) is 102 Å².